The van der Waals surface area contributed by atoms with Crippen LogP contribution >= 0.6 is 34.5 Å². The summed E-state index contributed by atoms with van der Waals surface area (Å²) in [6, 6.07) is 14.6. The Hall–Kier alpha value is -2.21. The third-order valence-electron chi connectivity index (χ3n) is 4.81. The Balaban J connectivity index is 1.65. The molecule has 2 atom stereocenters. The van der Waals surface area contributed by atoms with E-state index in [4.69, 9.17) is 33.0 Å². The maximum atomic E-state index is 10.4. The van der Waals surface area contributed by atoms with E-state index in [0.29, 0.717) is 15.6 Å². The summed E-state index contributed by atoms with van der Waals surface area (Å²) in [7, 11) is 0. The molecule has 0 spiro atoms. The number of aromatic hydroxyl groups is 1. The second-order valence-electron chi connectivity index (χ2n) is 6.48. The van der Waals surface area contributed by atoms with Crippen LogP contribution in [0.3, 0.4) is 0 Å². The van der Waals surface area contributed by atoms with Crippen LogP contribution in [-0.2, 0) is 0 Å². The molecule has 0 aliphatic carbocycles. The van der Waals surface area contributed by atoms with Gasteiger partial charge in [0.15, 0.2) is 0 Å². The van der Waals surface area contributed by atoms with Gasteiger partial charge in [0.25, 0.3) is 0 Å². The highest BCUT2D eigenvalue weighted by atomic mass is 35.5. The molecular weight excluding hydrogens is 403 g/mol. The lowest BCUT2D eigenvalue weighted by molar-refractivity contribution is -0.0203. The van der Waals surface area contributed by atoms with Gasteiger partial charge in [-0.05, 0) is 47.8 Å². The maximum Gasteiger partial charge on any atom is 0.217 e. The molecule has 0 fully saturated rings. The molecular formula is C20H14Cl2N2O2S. The van der Waals surface area contributed by atoms with Crippen molar-refractivity contribution >= 4 is 40.3 Å². The summed E-state index contributed by atoms with van der Waals surface area (Å²) < 4.78 is 6.23. The van der Waals surface area contributed by atoms with Crippen LogP contribution in [0.2, 0.25) is 10.0 Å². The molecule has 2 aromatic carbocycles. The molecule has 0 unspecified atom stereocenters. The van der Waals surface area contributed by atoms with Gasteiger partial charge in [-0.25, -0.2) is 5.01 Å². The Morgan fingerprint density at radius 3 is 2.63 bits per heavy atom. The van der Waals surface area contributed by atoms with E-state index in [0.717, 1.165) is 28.3 Å². The van der Waals surface area contributed by atoms with E-state index in [2.05, 4.69) is 6.07 Å². The molecule has 0 saturated carbocycles. The number of phenolic OH excluding ortho intramolecular Hbond substituents is 1. The molecule has 3 aromatic rings. The van der Waals surface area contributed by atoms with Gasteiger partial charge in [0.05, 0.1) is 22.2 Å². The predicted octanol–water partition coefficient (Wildman–Crippen LogP) is 6.00. The molecule has 2 aliphatic heterocycles. The lowest BCUT2D eigenvalue weighted by Crippen LogP contribution is -2.33. The molecule has 1 aromatic heterocycles. The van der Waals surface area contributed by atoms with E-state index in [1.165, 1.54) is 0 Å². The van der Waals surface area contributed by atoms with Crippen molar-refractivity contribution in [1.29, 1.82) is 0 Å². The average Bonchev–Trinajstić information content (AvgIpc) is 3.32. The van der Waals surface area contributed by atoms with Gasteiger partial charge >= 0.3 is 0 Å². The van der Waals surface area contributed by atoms with E-state index in [9.17, 15) is 5.11 Å². The number of halogens is 2. The number of phenols is 1. The largest absolute Gasteiger partial charge is 0.507 e. The highest BCUT2D eigenvalue weighted by Gasteiger charge is 2.42. The number of hydrogen-bond acceptors (Lipinski definition) is 5. The van der Waals surface area contributed by atoms with Crippen molar-refractivity contribution in [3.8, 4) is 11.5 Å². The molecule has 136 valence electrons. The summed E-state index contributed by atoms with van der Waals surface area (Å²) in [6.07, 6.45) is 0.175. The van der Waals surface area contributed by atoms with Crippen LogP contribution in [0.25, 0.3) is 0 Å². The first-order chi connectivity index (χ1) is 13.1. The van der Waals surface area contributed by atoms with Gasteiger partial charge in [0, 0.05) is 22.0 Å². The smallest absolute Gasteiger partial charge is 0.217 e. The molecule has 2 aliphatic rings. The van der Waals surface area contributed by atoms with E-state index in [-0.39, 0.29) is 11.8 Å². The highest BCUT2D eigenvalue weighted by molar-refractivity contribution is 7.12. The van der Waals surface area contributed by atoms with Crippen molar-refractivity contribution in [1.82, 2.24) is 5.01 Å². The number of rotatable bonds is 2. The topological polar surface area (TPSA) is 45.1 Å². The Morgan fingerprint density at radius 1 is 1.07 bits per heavy atom. The standard InChI is InChI=1S/C20H14Cl2N2O2S/c21-11-3-5-17(25)14(9-11)20-24-16(10-15(23-24)19-2-1-7-27-19)13-8-12(22)4-6-18(13)26-20/h1-9,16,20,25H,10H2/t16-,20-/m1/s1. The Morgan fingerprint density at radius 2 is 1.85 bits per heavy atom. The van der Waals surface area contributed by atoms with Crippen LogP contribution in [0.1, 0.15) is 34.7 Å². The minimum absolute atomic E-state index is 0.0204. The molecule has 0 amide bonds. The van der Waals surface area contributed by atoms with Gasteiger partial charge in [-0.3, -0.25) is 0 Å². The summed E-state index contributed by atoms with van der Waals surface area (Å²) in [5.74, 6) is 0.869. The molecule has 5 rings (SSSR count). The summed E-state index contributed by atoms with van der Waals surface area (Å²) in [4.78, 5) is 1.13. The number of thiophene rings is 1. The van der Waals surface area contributed by atoms with Gasteiger partial charge in [0.1, 0.15) is 11.5 Å². The summed E-state index contributed by atoms with van der Waals surface area (Å²) in [6.45, 7) is 0. The fourth-order valence-corrected chi connectivity index (χ4v) is 4.66. The minimum atomic E-state index is -0.570. The number of hydrazone groups is 1. The van der Waals surface area contributed by atoms with Crippen LogP contribution in [0.5, 0.6) is 11.5 Å². The van der Waals surface area contributed by atoms with Gasteiger partial charge in [0.2, 0.25) is 6.23 Å². The van der Waals surface area contributed by atoms with Gasteiger partial charge in [-0.1, -0.05) is 29.3 Å². The fraction of sp³-hybridized carbons (Fsp3) is 0.150. The van der Waals surface area contributed by atoms with Crippen LogP contribution in [-0.4, -0.2) is 15.8 Å². The number of hydrogen-bond donors (Lipinski definition) is 1. The van der Waals surface area contributed by atoms with E-state index >= 15 is 0 Å². The SMILES string of the molecule is Oc1ccc(Cl)cc1[C@H]1Oc2ccc(Cl)cc2[C@H]2CC(c3cccs3)=NN21. The monoisotopic (exact) mass is 416 g/mol. The van der Waals surface area contributed by atoms with Crippen LogP contribution in [0.15, 0.2) is 59.0 Å². The highest BCUT2D eigenvalue weighted by Crippen LogP contribution is 2.49. The van der Waals surface area contributed by atoms with Crippen molar-refractivity contribution in [2.45, 2.75) is 18.7 Å². The molecule has 0 saturated heterocycles. The molecule has 27 heavy (non-hydrogen) atoms. The second-order valence-corrected chi connectivity index (χ2v) is 8.30. The number of benzene rings is 2. The molecule has 4 nitrogen and oxygen atoms in total. The molecule has 3 heterocycles. The second kappa shape index (κ2) is 6.44. The molecule has 1 N–H and O–H groups in total. The lowest BCUT2D eigenvalue weighted by atomic mass is 9.97. The third-order valence-corrected chi connectivity index (χ3v) is 6.20. The number of fused-ring (bicyclic) bond motifs is 3. The fourth-order valence-electron chi connectivity index (χ4n) is 3.58. The Kier molecular flexibility index (Phi) is 4.04. The normalized spacial score (nSPS) is 20.7. The van der Waals surface area contributed by atoms with Crippen molar-refractivity contribution in [2.75, 3.05) is 0 Å². The van der Waals surface area contributed by atoms with Gasteiger partial charge < -0.3 is 9.84 Å². The summed E-state index contributed by atoms with van der Waals surface area (Å²) in [5.41, 5.74) is 2.58. The van der Waals surface area contributed by atoms with Crippen LogP contribution in [0.4, 0.5) is 0 Å². The number of ether oxygens (including phenoxy) is 1. The van der Waals surface area contributed by atoms with Crippen molar-refractivity contribution in [2.24, 2.45) is 5.10 Å². The van der Waals surface area contributed by atoms with Crippen molar-refractivity contribution in [3.05, 3.63) is 80.0 Å². The first-order valence-electron chi connectivity index (χ1n) is 8.44. The van der Waals surface area contributed by atoms with E-state index < -0.39 is 6.23 Å². The molecule has 7 heteroatoms. The quantitative estimate of drug-likeness (QED) is 0.556. The third kappa shape index (κ3) is 2.87. The predicted molar refractivity (Wildman–Crippen MR) is 108 cm³/mol. The Bertz CT molecular complexity index is 1050. The van der Waals surface area contributed by atoms with Crippen LogP contribution < -0.4 is 4.74 Å². The first kappa shape index (κ1) is 16.9. The summed E-state index contributed by atoms with van der Waals surface area (Å²) in [5, 5.41) is 20.4. The van der Waals surface area contributed by atoms with E-state index in [1.807, 2.05) is 28.6 Å². The zero-order valence-corrected chi connectivity index (χ0v) is 16.3. The van der Waals surface area contributed by atoms with Gasteiger partial charge in [-0.15, -0.1) is 11.3 Å². The van der Waals surface area contributed by atoms with Crippen molar-refractivity contribution < 1.29 is 9.84 Å². The Labute approximate surface area is 170 Å². The molecule has 0 bridgehead atoms. The number of nitrogens with zero attached hydrogens (tertiary/aromatic N) is 2. The first-order valence-corrected chi connectivity index (χ1v) is 10.1. The molecule has 0 radical (unpaired) electrons. The maximum absolute atomic E-state index is 10.4. The summed E-state index contributed by atoms with van der Waals surface area (Å²) >= 11 is 14.1. The average molecular weight is 417 g/mol. The zero-order valence-electron chi connectivity index (χ0n) is 14.0. The van der Waals surface area contributed by atoms with E-state index in [1.54, 1.807) is 35.6 Å². The minimum Gasteiger partial charge on any atom is -0.507 e. The zero-order chi connectivity index (χ0) is 18.5. The van der Waals surface area contributed by atoms with Crippen molar-refractivity contribution in [3.63, 3.8) is 0 Å². The lowest BCUT2D eigenvalue weighted by Gasteiger charge is -2.38. The van der Waals surface area contributed by atoms with Crippen LogP contribution in [0, 0.1) is 0 Å². The van der Waals surface area contributed by atoms with Gasteiger partial charge in [-0.2, -0.15) is 5.10 Å².